The molecule has 2 heterocycles. The van der Waals surface area contributed by atoms with E-state index in [0.29, 0.717) is 11.3 Å². The summed E-state index contributed by atoms with van der Waals surface area (Å²) >= 11 is 3.51. The molecule has 0 saturated carbocycles. The van der Waals surface area contributed by atoms with E-state index >= 15 is 0 Å². The molecule has 0 saturated heterocycles. The minimum atomic E-state index is -1.42. The topological polar surface area (TPSA) is 83.1 Å². The fraction of sp³-hybridized carbons (Fsp3) is 0.160. The van der Waals surface area contributed by atoms with Gasteiger partial charge in [-0.1, -0.05) is 15.9 Å². The molecule has 2 atom stereocenters. The van der Waals surface area contributed by atoms with Gasteiger partial charge in [-0.2, -0.15) is 5.01 Å². The van der Waals surface area contributed by atoms with Crippen molar-refractivity contribution in [2.24, 2.45) is 0 Å². The van der Waals surface area contributed by atoms with Crippen LogP contribution < -0.4 is 24.7 Å². The van der Waals surface area contributed by atoms with Crippen molar-refractivity contribution in [2.45, 2.75) is 12.3 Å². The Kier molecular flexibility index (Phi) is 5.66. The predicted octanol–water partition coefficient (Wildman–Crippen LogP) is 3.96. The van der Waals surface area contributed by atoms with Crippen molar-refractivity contribution in [1.82, 2.24) is 10.4 Å². The van der Waals surface area contributed by atoms with Crippen LogP contribution in [0.5, 0.6) is 17.2 Å². The number of aromatic carboxylic acids is 1. The molecule has 0 unspecified atom stereocenters. The van der Waals surface area contributed by atoms with Crippen LogP contribution in [0.1, 0.15) is 39.3 Å². The minimum Gasteiger partial charge on any atom is -0.545 e. The van der Waals surface area contributed by atoms with Crippen molar-refractivity contribution in [3.05, 3.63) is 93.2 Å². The van der Waals surface area contributed by atoms with Gasteiger partial charge in [0.1, 0.15) is 11.6 Å². The van der Waals surface area contributed by atoms with E-state index in [-0.39, 0.29) is 28.9 Å². The van der Waals surface area contributed by atoms with Crippen LogP contribution in [-0.2, 0) is 0 Å². The molecule has 0 aliphatic carbocycles. The maximum atomic E-state index is 13.5. The van der Waals surface area contributed by atoms with Crippen LogP contribution in [0.3, 0.4) is 0 Å². The molecule has 0 radical (unpaired) electrons. The van der Waals surface area contributed by atoms with E-state index in [1.807, 2.05) is 24.3 Å². The zero-order chi connectivity index (χ0) is 24.0. The fourth-order valence-corrected chi connectivity index (χ4v) is 4.70. The Labute approximate surface area is 203 Å². The number of benzene rings is 3. The molecule has 174 valence electrons. The lowest BCUT2D eigenvalue weighted by atomic mass is 9.98. The second kappa shape index (κ2) is 8.66. The number of carboxylic acids is 1. The molecule has 0 aromatic heterocycles. The maximum Gasteiger partial charge on any atom is 0.196 e. The molecule has 3 aromatic carbocycles. The number of methoxy groups -OCH3 is 2. The van der Waals surface area contributed by atoms with Gasteiger partial charge in [0, 0.05) is 15.6 Å². The van der Waals surface area contributed by atoms with Crippen LogP contribution >= 0.6 is 15.9 Å². The van der Waals surface area contributed by atoms with Crippen LogP contribution in [0.2, 0.25) is 0 Å². The van der Waals surface area contributed by atoms with Gasteiger partial charge in [0.25, 0.3) is 0 Å². The smallest absolute Gasteiger partial charge is 0.196 e. The Bertz CT molecular complexity index is 1310. The van der Waals surface area contributed by atoms with Crippen LogP contribution in [0.25, 0.3) is 5.70 Å². The van der Waals surface area contributed by atoms with Crippen molar-refractivity contribution in [1.29, 1.82) is 0 Å². The van der Waals surface area contributed by atoms with Gasteiger partial charge >= 0.3 is 0 Å². The minimum absolute atomic E-state index is 0.0488. The molecule has 2 aliphatic rings. The Morgan fingerprint density at radius 1 is 1.09 bits per heavy atom. The summed E-state index contributed by atoms with van der Waals surface area (Å²) < 4.78 is 31.3. The first-order chi connectivity index (χ1) is 16.4. The van der Waals surface area contributed by atoms with Gasteiger partial charge < -0.3 is 29.5 Å². The third-order valence-electron chi connectivity index (χ3n) is 5.86. The molecule has 9 heteroatoms. The second-order valence-electron chi connectivity index (χ2n) is 7.76. The normalized spacial score (nSPS) is 18.8. The second-order valence-corrected chi connectivity index (χ2v) is 8.67. The standard InChI is InChI=1S/C25H20BrFN2O5/c1-32-21-10-8-16(22(25(30)31)23(21)33-2)24-29-19(17-11-14(26)5-9-20(17)34-24)12-18(28-29)13-3-6-15(27)7-4-13/h3-12,19,24,28H,1-2H3,(H,30,31)/p-1/t19-,24+/m0/s1. The van der Waals surface area contributed by atoms with Gasteiger partial charge in [-0.05, 0) is 66.2 Å². The highest BCUT2D eigenvalue weighted by molar-refractivity contribution is 9.10. The SMILES string of the molecule is COc1ccc([C@H]2Oc3ccc(Br)cc3[C@@H]3C=C(c4ccc(F)cc4)NN23)c(C(=O)[O-])c1OC. The molecular weight excluding hydrogens is 507 g/mol. The molecule has 0 amide bonds. The van der Waals surface area contributed by atoms with Crippen LogP contribution in [0, 0.1) is 5.82 Å². The zero-order valence-corrected chi connectivity index (χ0v) is 19.8. The van der Waals surface area contributed by atoms with Crippen molar-refractivity contribution < 1.29 is 28.5 Å². The van der Waals surface area contributed by atoms with Gasteiger partial charge in [-0.25, -0.2) is 4.39 Å². The molecule has 3 aromatic rings. The summed E-state index contributed by atoms with van der Waals surface area (Å²) in [6, 6.07) is 14.7. The van der Waals surface area contributed by atoms with Gasteiger partial charge in [0.05, 0.1) is 37.5 Å². The quantitative estimate of drug-likeness (QED) is 0.539. The van der Waals surface area contributed by atoms with Gasteiger partial charge in [0.2, 0.25) is 0 Å². The molecule has 5 rings (SSSR count). The number of halogens is 2. The number of rotatable bonds is 5. The maximum absolute atomic E-state index is 13.5. The molecule has 7 nitrogen and oxygen atoms in total. The average Bonchev–Trinajstić information content (AvgIpc) is 3.29. The molecule has 2 aliphatic heterocycles. The lowest BCUT2D eigenvalue weighted by Gasteiger charge is -2.40. The lowest BCUT2D eigenvalue weighted by molar-refractivity contribution is -0.255. The summed E-state index contributed by atoms with van der Waals surface area (Å²) in [5.41, 5.74) is 5.88. The molecular formula is C25H19BrFN2O5-. The monoisotopic (exact) mass is 525 g/mol. The van der Waals surface area contributed by atoms with E-state index in [2.05, 4.69) is 21.4 Å². The van der Waals surface area contributed by atoms with E-state index < -0.39 is 12.2 Å². The van der Waals surface area contributed by atoms with Crippen molar-refractivity contribution in [2.75, 3.05) is 14.2 Å². The van der Waals surface area contributed by atoms with E-state index in [1.54, 1.807) is 29.3 Å². The number of carbonyl (C=O) groups is 1. The molecule has 34 heavy (non-hydrogen) atoms. The number of hydrogen-bond acceptors (Lipinski definition) is 7. The molecule has 0 bridgehead atoms. The number of hydrogen-bond donors (Lipinski definition) is 1. The van der Waals surface area contributed by atoms with Gasteiger partial charge in [-0.15, -0.1) is 0 Å². The number of nitrogens with zero attached hydrogens (tertiary/aromatic N) is 1. The highest BCUT2D eigenvalue weighted by Crippen LogP contribution is 2.48. The summed E-state index contributed by atoms with van der Waals surface area (Å²) in [6.45, 7) is 0. The Hall–Kier alpha value is -3.56. The number of nitrogens with one attached hydrogen (secondary N) is 1. The summed E-state index contributed by atoms with van der Waals surface area (Å²) in [5.74, 6) is -0.834. The Morgan fingerprint density at radius 3 is 2.53 bits per heavy atom. The fourth-order valence-electron chi connectivity index (χ4n) is 4.33. The first kappa shape index (κ1) is 22.2. The molecule has 0 fully saturated rings. The van der Waals surface area contributed by atoms with E-state index in [1.165, 1.54) is 26.4 Å². The molecule has 1 N–H and O–H groups in total. The number of carbonyl (C=O) groups excluding carboxylic acids is 1. The number of hydrazine groups is 1. The first-order valence-electron chi connectivity index (χ1n) is 10.4. The molecule has 0 spiro atoms. The summed E-state index contributed by atoms with van der Waals surface area (Å²) in [5, 5.41) is 14.0. The van der Waals surface area contributed by atoms with Gasteiger partial charge in [-0.3, -0.25) is 0 Å². The van der Waals surface area contributed by atoms with Gasteiger partial charge in [0.15, 0.2) is 17.7 Å². The highest BCUT2D eigenvalue weighted by Gasteiger charge is 2.42. The van der Waals surface area contributed by atoms with Crippen LogP contribution in [0.15, 0.2) is 65.1 Å². The van der Waals surface area contributed by atoms with Crippen molar-refractivity contribution in [3.8, 4) is 17.2 Å². The van der Waals surface area contributed by atoms with Crippen molar-refractivity contribution >= 4 is 27.6 Å². The van der Waals surface area contributed by atoms with Crippen molar-refractivity contribution in [3.63, 3.8) is 0 Å². The van der Waals surface area contributed by atoms with E-state index in [9.17, 15) is 14.3 Å². The third kappa shape index (κ3) is 3.66. The van der Waals surface area contributed by atoms with E-state index in [4.69, 9.17) is 14.2 Å². The zero-order valence-electron chi connectivity index (χ0n) is 18.2. The number of carboxylic acid groups (broad SMARTS) is 1. The first-order valence-corrected chi connectivity index (χ1v) is 11.2. The summed E-state index contributed by atoms with van der Waals surface area (Å²) in [4.78, 5) is 12.2. The number of ether oxygens (including phenoxy) is 3. The predicted molar refractivity (Wildman–Crippen MR) is 123 cm³/mol. The van der Waals surface area contributed by atoms with Crippen LogP contribution in [-0.4, -0.2) is 25.2 Å². The average molecular weight is 526 g/mol. The Balaban J connectivity index is 1.65. The summed E-state index contributed by atoms with van der Waals surface area (Å²) in [6.07, 6.45) is 1.15. The third-order valence-corrected chi connectivity index (χ3v) is 6.35. The Morgan fingerprint density at radius 2 is 1.85 bits per heavy atom. The largest absolute Gasteiger partial charge is 0.545 e. The van der Waals surface area contributed by atoms with Crippen LogP contribution in [0.4, 0.5) is 4.39 Å². The number of fused-ring (bicyclic) bond motifs is 3. The lowest BCUT2D eigenvalue weighted by Crippen LogP contribution is -2.44. The highest BCUT2D eigenvalue weighted by atomic mass is 79.9. The summed E-state index contributed by atoms with van der Waals surface area (Å²) in [7, 11) is 2.80. The van der Waals surface area contributed by atoms with E-state index in [0.717, 1.165) is 21.3 Å².